The van der Waals surface area contributed by atoms with E-state index in [-0.39, 0.29) is 24.8 Å². The standard InChI is InChI=1S/C18H28N4O.2ClH/c23-18(16-20-9-4-7-19-8-10-20)22-13-11-21(12-14-22)15-17-5-2-1-3-6-17;;/h1-3,5-6,19H,4,7-16H2;2*1H. The van der Waals surface area contributed by atoms with Crippen molar-refractivity contribution in [2.75, 3.05) is 58.9 Å². The summed E-state index contributed by atoms with van der Waals surface area (Å²) < 4.78 is 0. The minimum atomic E-state index is 0. The Morgan fingerprint density at radius 2 is 1.60 bits per heavy atom. The molecule has 0 aliphatic carbocycles. The molecular weight excluding hydrogens is 359 g/mol. The first-order valence-corrected chi connectivity index (χ1v) is 8.78. The predicted molar refractivity (Wildman–Crippen MR) is 107 cm³/mol. The molecule has 3 rings (SSSR count). The molecule has 0 atom stereocenters. The molecule has 0 spiro atoms. The summed E-state index contributed by atoms with van der Waals surface area (Å²) in [5.74, 6) is 0.297. The Kier molecular flexibility index (Phi) is 10.4. The molecular formula is C18H30Cl2N4O. The van der Waals surface area contributed by atoms with Crippen LogP contribution in [-0.4, -0.2) is 79.5 Å². The molecule has 0 radical (unpaired) electrons. The van der Waals surface area contributed by atoms with Crippen LogP contribution in [0.3, 0.4) is 0 Å². The van der Waals surface area contributed by atoms with E-state index in [1.807, 2.05) is 4.90 Å². The SMILES string of the molecule is Cl.Cl.O=C(CN1CCCNCC1)N1CCN(Cc2ccccc2)CC1. The van der Waals surface area contributed by atoms with Crippen molar-refractivity contribution in [1.29, 1.82) is 0 Å². The van der Waals surface area contributed by atoms with E-state index < -0.39 is 0 Å². The highest BCUT2D eigenvalue weighted by atomic mass is 35.5. The van der Waals surface area contributed by atoms with Crippen LogP contribution < -0.4 is 5.32 Å². The Labute approximate surface area is 163 Å². The maximum Gasteiger partial charge on any atom is 0.236 e. The van der Waals surface area contributed by atoms with Crippen molar-refractivity contribution in [3.8, 4) is 0 Å². The van der Waals surface area contributed by atoms with Gasteiger partial charge in [0.25, 0.3) is 0 Å². The molecule has 0 bridgehead atoms. The summed E-state index contributed by atoms with van der Waals surface area (Å²) >= 11 is 0. The zero-order valence-corrected chi connectivity index (χ0v) is 16.4. The minimum absolute atomic E-state index is 0. The van der Waals surface area contributed by atoms with E-state index in [0.717, 1.165) is 65.3 Å². The quantitative estimate of drug-likeness (QED) is 0.847. The van der Waals surface area contributed by atoms with Crippen molar-refractivity contribution < 1.29 is 4.79 Å². The highest BCUT2D eigenvalue weighted by molar-refractivity contribution is 5.85. The first-order chi connectivity index (χ1) is 11.3. The van der Waals surface area contributed by atoms with Crippen LogP contribution in [0.2, 0.25) is 0 Å². The average Bonchev–Trinajstić information content (AvgIpc) is 2.85. The lowest BCUT2D eigenvalue weighted by molar-refractivity contribution is -0.134. The Balaban J connectivity index is 0.00000156. The van der Waals surface area contributed by atoms with Crippen LogP contribution in [0.4, 0.5) is 0 Å². The molecule has 5 nitrogen and oxygen atoms in total. The number of hydrogen-bond donors (Lipinski definition) is 1. The molecule has 142 valence electrons. The van der Waals surface area contributed by atoms with E-state index in [2.05, 4.69) is 45.4 Å². The van der Waals surface area contributed by atoms with Crippen molar-refractivity contribution >= 4 is 30.7 Å². The number of halogens is 2. The normalized spacial score (nSPS) is 19.4. The molecule has 0 aromatic heterocycles. The monoisotopic (exact) mass is 388 g/mol. The highest BCUT2D eigenvalue weighted by Gasteiger charge is 2.22. The number of piperazine rings is 1. The van der Waals surface area contributed by atoms with Crippen molar-refractivity contribution in [2.24, 2.45) is 0 Å². The average molecular weight is 389 g/mol. The summed E-state index contributed by atoms with van der Waals surface area (Å²) in [7, 11) is 0. The fourth-order valence-electron chi connectivity index (χ4n) is 3.35. The third-order valence-electron chi connectivity index (χ3n) is 4.77. The van der Waals surface area contributed by atoms with Crippen molar-refractivity contribution in [3.05, 3.63) is 35.9 Å². The molecule has 0 unspecified atom stereocenters. The number of nitrogens with one attached hydrogen (secondary N) is 1. The van der Waals surface area contributed by atoms with Gasteiger partial charge in [0.15, 0.2) is 0 Å². The molecule has 1 N–H and O–H groups in total. The number of nitrogens with zero attached hydrogens (tertiary/aromatic N) is 3. The molecule has 2 fully saturated rings. The summed E-state index contributed by atoms with van der Waals surface area (Å²) in [5, 5.41) is 3.39. The Hall–Kier alpha value is -0.850. The van der Waals surface area contributed by atoms with Gasteiger partial charge >= 0.3 is 0 Å². The lowest BCUT2D eigenvalue weighted by Crippen LogP contribution is -2.51. The molecule has 2 aliphatic heterocycles. The molecule has 1 amide bonds. The smallest absolute Gasteiger partial charge is 0.236 e. The maximum absolute atomic E-state index is 12.5. The minimum Gasteiger partial charge on any atom is -0.339 e. The van der Waals surface area contributed by atoms with E-state index in [1.54, 1.807) is 0 Å². The highest BCUT2D eigenvalue weighted by Crippen LogP contribution is 2.09. The number of amides is 1. The molecule has 25 heavy (non-hydrogen) atoms. The van der Waals surface area contributed by atoms with Crippen LogP contribution in [0.15, 0.2) is 30.3 Å². The summed E-state index contributed by atoms with van der Waals surface area (Å²) in [6.45, 7) is 9.33. The Bertz CT molecular complexity index is 487. The third-order valence-corrected chi connectivity index (χ3v) is 4.77. The number of rotatable bonds is 4. The summed E-state index contributed by atoms with van der Waals surface area (Å²) in [6, 6.07) is 10.6. The van der Waals surface area contributed by atoms with Crippen LogP contribution in [-0.2, 0) is 11.3 Å². The second kappa shape index (κ2) is 11.7. The lowest BCUT2D eigenvalue weighted by Gasteiger charge is -2.35. The van der Waals surface area contributed by atoms with Gasteiger partial charge in [-0.2, -0.15) is 0 Å². The topological polar surface area (TPSA) is 38.8 Å². The van der Waals surface area contributed by atoms with E-state index in [4.69, 9.17) is 0 Å². The van der Waals surface area contributed by atoms with E-state index in [9.17, 15) is 4.79 Å². The van der Waals surface area contributed by atoms with Gasteiger partial charge in [-0.05, 0) is 25.1 Å². The second-order valence-corrected chi connectivity index (χ2v) is 6.52. The zero-order chi connectivity index (χ0) is 15.9. The molecule has 7 heteroatoms. The number of carbonyl (C=O) groups excluding carboxylic acids is 1. The van der Waals surface area contributed by atoms with Crippen LogP contribution in [0.5, 0.6) is 0 Å². The molecule has 2 heterocycles. The van der Waals surface area contributed by atoms with Gasteiger partial charge in [-0.15, -0.1) is 24.8 Å². The van der Waals surface area contributed by atoms with Crippen LogP contribution in [0.25, 0.3) is 0 Å². The van der Waals surface area contributed by atoms with Gasteiger partial charge in [0.05, 0.1) is 6.54 Å². The van der Waals surface area contributed by atoms with E-state index >= 15 is 0 Å². The fraction of sp³-hybridized carbons (Fsp3) is 0.611. The van der Waals surface area contributed by atoms with E-state index in [0.29, 0.717) is 12.5 Å². The number of carbonyl (C=O) groups is 1. The van der Waals surface area contributed by atoms with E-state index in [1.165, 1.54) is 5.56 Å². The first kappa shape index (κ1) is 22.2. The van der Waals surface area contributed by atoms with Crippen molar-refractivity contribution in [3.63, 3.8) is 0 Å². The lowest BCUT2D eigenvalue weighted by atomic mass is 10.2. The van der Waals surface area contributed by atoms with Gasteiger partial charge in [0.1, 0.15) is 0 Å². The largest absolute Gasteiger partial charge is 0.339 e. The fourth-order valence-corrected chi connectivity index (χ4v) is 3.35. The van der Waals surface area contributed by atoms with Crippen LogP contribution in [0.1, 0.15) is 12.0 Å². The number of benzene rings is 1. The third kappa shape index (κ3) is 7.12. The van der Waals surface area contributed by atoms with Crippen molar-refractivity contribution in [2.45, 2.75) is 13.0 Å². The van der Waals surface area contributed by atoms with Gasteiger partial charge in [0.2, 0.25) is 5.91 Å². The second-order valence-electron chi connectivity index (χ2n) is 6.52. The molecule has 2 aliphatic rings. The molecule has 1 aromatic carbocycles. The van der Waals surface area contributed by atoms with Crippen LogP contribution >= 0.6 is 24.8 Å². The van der Waals surface area contributed by atoms with Gasteiger partial charge in [-0.1, -0.05) is 30.3 Å². The first-order valence-electron chi connectivity index (χ1n) is 8.78. The molecule has 0 saturated carbocycles. The predicted octanol–water partition coefficient (Wildman–Crippen LogP) is 1.47. The Morgan fingerprint density at radius 1 is 0.880 bits per heavy atom. The van der Waals surface area contributed by atoms with Gasteiger partial charge in [-0.25, -0.2) is 0 Å². The van der Waals surface area contributed by atoms with Gasteiger partial charge in [0, 0.05) is 45.8 Å². The molecule has 1 aromatic rings. The van der Waals surface area contributed by atoms with Crippen LogP contribution in [0, 0.1) is 0 Å². The summed E-state index contributed by atoms with van der Waals surface area (Å²) in [5.41, 5.74) is 1.35. The Morgan fingerprint density at radius 3 is 2.32 bits per heavy atom. The molecule has 2 saturated heterocycles. The van der Waals surface area contributed by atoms with Crippen molar-refractivity contribution in [1.82, 2.24) is 20.0 Å². The summed E-state index contributed by atoms with van der Waals surface area (Å²) in [6.07, 6.45) is 1.14. The van der Waals surface area contributed by atoms with Gasteiger partial charge < -0.3 is 10.2 Å². The zero-order valence-electron chi connectivity index (χ0n) is 14.7. The summed E-state index contributed by atoms with van der Waals surface area (Å²) in [4.78, 5) is 19.3. The van der Waals surface area contributed by atoms with Gasteiger partial charge in [-0.3, -0.25) is 14.6 Å². The number of hydrogen-bond acceptors (Lipinski definition) is 4. The maximum atomic E-state index is 12.5.